The van der Waals surface area contributed by atoms with Crippen LogP contribution in [0.4, 0.5) is 0 Å². The number of hydrogen-bond donors (Lipinski definition) is 0. The Balaban J connectivity index is 2.00. The molecule has 6 heteroatoms. The second-order valence-electron chi connectivity index (χ2n) is 7.04. The van der Waals surface area contributed by atoms with Gasteiger partial charge < -0.3 is 17.3 Å². The fraction of sp³-hybridized carbons (Fsp3) is 0.455. The highest BCUT2D eigenvalue weighted by molar-refractivity contribution is 14.1. The second-order valence-corrected chi connectivity index (χ2v) is 7.93. The van der Waals surface area contributed by atoms with Gasteiger partial charge in [-0.3, -0.25) is 0 Å². The molecule has 0 radical (unpaired) electrons. The predicted octanol–water partition coefficient (Wildman–Crippen LogP) is 5.78. The van der Waals surface area contributed by atoms with Crippen LogP contribution in [0.2, 0.25) is 0 Å². The molecule has 1 atom stereocenters. The molecule has 28 heavy (non-hydrogen) atoms. The normalized spacial score (nSPS) is 12.6. The van der Waals surface area contributed by atoms with E-state index in [1.807, 2.05) is 47.3 Å². The molecular weight excluding hydrogens is 491 g/mol. The Bertz CT molecular complexity index is 689. The van der Waals surface area contributed by atoms with Crippen molar-refractivity contribution < 1.29 is 17.3 Å². The van der Waals surface area contributed by atoms with E-state index in [1.165, 1.54) is 11.1 Å². The van der Waals surface area contributed by atoms with Crippen LogP contribution in [-0.2, 0) is 13.2 Å². The molecule has 0 aromatic heterocycles. The van der Waals surface area contributed by atoms with E-state index in [1.54, 1.807) is 7.11 Å². The third-order valence-corrected chi connectivity index (χ3v) is 5.60. The van der Waals surface area contributed by atoms with Gasteiger partial charge in [0.25, 0.3) is 0 Å². The molecule has 0 bridgehead atoms. The van der Waals surface area contributed by atoms with Gasteiger partial charge in [0.1, 0.15) is 47.2 Å². The van der Waals surface area contributed by atoms with Crippen LogP contribution in [0.5, 0.6) is 11.5 Å². The van der Waals surface area contributed by atoms with Crippen molar-refractivity contribution in [2.24, 2.45) is 0 Å². The summed E-state index contributed by atoms with van der Waals surface area (Å²) in [6.45, 7) is 6.02. The first-order chi connectivity index (χ1) is 13.5. The zero-order chi connectivity index (χ0) is 20.4. The molecule has 0 aliphatic heterocycles. The largest absolute Gasteiger partial charge is 0.494 e. The second kappa shape index (κ2) is 11.9. The maximum absolute atomic E-state index is 5.81. The lowest BCUT2D eigenvalue weighted by Crippen LogP contribution is -2.23. The Labute approximate surface area is 187 Å². The van der Waals surface area contributed by atoms with E-state index in [2.05, 4.69) is 38.1 Å². The Kier molecular flexibility index (Phi) is 9.85. The number of halogens is 2. The van der Waals surface area contributed by atoms with Crippen molar-refractivity contribution in [2.75, 3.05) is 32.8 Å². The zero-order valence-corrected chi connectivity index (χ0v) is 19.5. The molecule has 2 aromatic rings. The summed E-state index contributed by atoms with van der Waals surface area (Å²) in [5.74, 6) is 2.30. The molecule has 2 rings (SSSR count). The summed E-state index contributed by atoms with van der Waals surface area (Å²) >= 11 is 7.56. The summed E-state index contributed by atoms with van der Waals surface area (Å²) in [7, 11) is 1.65. The van der Waals surface area contributed by atoms with E-state index in [9.17, 15) is 0 Å². The summed E-state index contributed by atoms with van der Waals surface area (Å²) < 4.78 is 21.9. The van der Waals surface area contributed by atoms with Crippen LogP contribution in [-0.4, -0.2) is 38.9 Å². The fourth-order valence-corrected chi connectivity index (χ4v) is 3.22. The summed E-state index contributed by atoms with van der Waals surface area (Å²) in [6.07, 6.45) is 0.756. The number of alkyl halides is 1. The van der Waals surface area contributed by atoms with Gasteiger partial charge in [0.15, 0.2) is 0 Å². The van der Waals surface area contributed by atoms with Crippen LogP contribution < -0.4 is 9.47 Å². The highest BCUT2D eigenvalue weighted by atomic mass is 127. The van der Waals surface area contributed by atoms with Gasteiger partial charge in [-0.2, -0.15) is 0 Å². The van der Waals surface area contributed by atoms with Gasteiger partial charge in [0.05, 0.1) is 13.2 Å². The summed E-state index contributed by atoms with van der Waals surface area (Å²) in [4.78, 5) is 0. The van der Waals surface area contributed by atoms with Crippen molar-refractivity contribution >= 4 is 34.6 Å². The minimum absolute atomic E-state index is 0.0908. The molecule has 4 nitrogen and oxygen atoms in total. The third kappa shape index (κ3) is 6.79. The van der Waals surface area contributed by atoms with Gasteiger partial charge in [-0.25, -0.2) is 0 Å². The molecule has 0 aliphatic carbocycles. The van der Waals surface area contributed by atoms with E-state index in [-0.39, 0.29) is 11.5 Å². The van der Waals surface area contributed by atoms with Gasteiger partial charge >= 0.3 is 0 Å². The van der Waals surface area contributed by atoms with Crippen LogP contribution in [0.3, 0.4) is 0 Å². The van der Waals surface area contributed by atoms with E-state index >= 15 is 0 Å². The Morgan fingerprint density at radius 2 is 1.43 bits per heavy atom. The SMILES string of the molecule is COC[C@H](COc1ccc(C(C)(C)c2ccc(OCCCCl)cc2)cc1)OI. The minimum atomic E-state index is -0.128. The number of ether oxygens (including phenoxy) is 3. The Morgan fingerprint density at radius 3 is 1.89 bits per heavy atom. The van der Waals surface area contributed by atoms with Gasteiger partial charge in [-0.05, 0) is 41.8 Å². The van der Waals surface area contributed by atoms with Crippen LogP contribution in [0.25, 0.3) is 0 Å². The van der Waals surface area contributed by atoms with Crippen molar-refractivity contribution in [3.63, 3.8) is 0 Å². The number of benzene rings is 2. The van der Waals surface area contributed by atoms with Crippen molar-refractivity contribution in [2.45, 2.75) is 31.8 Å². The first kappa shape index (κ1) is 23.3. The van der Waals surface area contributed by atoms with Gasteiger partial charge in [0, 0.05) is 18.4 Å². The molecule has 0 aliphatic rings. The molecule has 154 valence electrons. The monoisotopic (exact) mass is 518 g/mol. The molecule has 2 aromatic carbocycles. The number of hydrogen-bond acceptors (Lipinski definition) is 4. The van der Waals surface area contributed by atoms with E-state index in [0.29, 0.717) is 25.7 Å². The Hall–Kier alpha value is -1.02. The average Bonchev–Trinajstić information content (AvgIpc) is 2.72. The van der Waals surface area contributed by atoms with E-state index in [4.69, 9.17) is 28.9 Å². The summed E-state index contributed by atoms with van der Waals surface area (Å²) in [5.41, 5.74) is 2.32. The predicted molar refractivity (Wildman–Crippen MR) is 122 cm³/mol. The fourth-order valence-electron chi connectivity index (χ4n) is 2.82. The molecule has 0 saturated carbocycles. The highest BCUT2D eigenvalue weighted by Gasteiger charge is 2.23. The molecule has 0 heterocycles. The number of methoxy groups -OCH3 is 1. The maximum Gasteiger partial charge on any atom is 0.127 e. The zero-order valence-electron chi connectivity index (χ0n) is 16.6. The minimum Gasteiger partial charge on any atom is -0.494 e. The van der Waals surface area contributed by atoms with Crippen molar-refractivity contribution in [1.82, 2.24) is 0 Å². The van der Waals surface area contributed by atoms with E-state index < -0.39 is 0 Å². The lowest BCUT2D eigenvalue weighted by atomic mass is 9.78. The lowest BCUT2D eigenvalue weighted by molar-refractivity contribution is 0.0745. The molecule has 0 unspecified atom stereocenters. The topological polar surface area (TPSA) is 36.9 Å². The molecular formula is C22H28ClIO4. The van der Waals surface area contributed by atoms with Crippen LogP contribution in [0, 0.1) is 0 Å². The van der Waals surface area contributed by atoms with Crippen LogP contribution in [0.1, 0.15) is 31.4 Å². The maximum atomic E-state index is 5.81. The van der Waals surface area contributed by atoms with Gasteiger partial charge in [-0.1, -0.05) is 38.1 Å². The smallest absolute Gasteiger partial charge is 0.127 e. The molecule has 0 spiro atoms. The van der Waals surface area contributed by atoms with Gasteiger partial charge in [0.2, 0.25) is 0 Å². The first-order valence-electron chi connectivity index (χ1n) is 9.30. The number of rotatable bonds is 12. The summed E-state index contributed by atoms with van der Waals surface area (Å²) in [5, 5.41) is 0. The standard InChI is InChI=1S/C22H28ClIO4/c1-22(2,17-5-9-19(10-6-17)26-14-4-13-23)18-7-11-20(12-8-18)27-16-21(28-24)15-25-3/h5-12,21H,4,13-16H2,1-3H3/t21-/m1/s1. The molecule has 0 fully saturated rings. The van der Waals surface area contributed by atoms with Crippen molar-refractivity contribution in [1.29, 1.82) is 0 Å². The van der Waals surface area contributed by atoms with E-state index in [0.717, 1.165) is 17.9 Å². The Morgan fingerprint density at radius 1 is 0.893 bits per heavy atom. The van der Waals surface area contributed by atoms with Crippen LogP contribution >= 0.6 is 34.6 Å². The first-order valence-corrected chi connectivity index (χ1v) is 10.7. The highest BCUT2D eigenvalue weighted by Crippen LogP contribution is 2.33. The molecule has 0 N–H and O–H groups in total. The molecule has 0 saturated heterocycles. The van der Waals surface area contributed by atoms with Crippen LogP contribution in [0.15, 0.2) is 48.5 Å². The average molecular weight is 519 g/mol. The quantitative estimate of drug-likeness (QED) is 0.203. The summed E-state index contributed by atoms with van der Waals surface area (Å²) in [6, 6.07) is 16.5. The van der Waals surface area contributed by atoms with Gasteiger partial charge in [-0.15, -0.1) is 11.6 Å². The van der Waals surface area contributed by atoms with Crippen molar-refractivity contribution in [3.8, 4) is 11.5 Å². The third-order valence-electron chi connectivity index (χ3n) is 4.61. The van der Waals surface area contributed by atoms with Crippen molar-refractivity contribution in [3.05, 3.63) is 59.7 Å². The molecule has 0 amide bonds. The lowest BCUT2D eigenvalue weighted by Gasteiger charge is -2.26.